The summed E-state index contributed by atoms with van der Waals surface area (Å²) in [4.78, 5) is 12.0. The third kappa shape index (κ3) is 3.24. The minimum atomic E-state index is -0.503. The number of hydrogen-bond donors (Lipinski definition) is 1. The standard InChI is InChI=1S/C14H7Br2FN2O/c15-10-3-2-9(6-12(10)17)14(20)19-13-4-1-8(7-18)5-11(13)16/h1-6H,(H,19,20). The zero-order valence-electron chi connectivity index (χ0n) is 9.95. The molecule has 0 fully saturated rings. The van der Waals surface area contributed by atoms with Gasteiger partial charge in [0.15, 0.2) is 0 Å². The Balaban J connectivity index is 2.23. The van der Waals surface area contributed by atoms with Gasteiger partial charge in [0.1, 0.15) is 5.82 Å². The maximum atomic E-state index is 13.4. The van der Waals surface area contributed by atoms with E-state index < -0.39 is 11.7 Å². The number of carbonyl (C=O) groups is 1. The minimum Gasteiger partial charge on any atom is -0.321 e. The summed E-state index contributed by atoms with van der Waals surface area (Å²) in [6, 6.07) is 10.9. The molecule has 0 spiro atoms. The summed E-state index contributed by atoms with van der Waals surface area (Å²) in [7, 11) is 0. The smallest absolute Gasteiger partial charge is 0.255 e. The van der Waals surface area contributed by atoms with Gasteiger partial charge in [0, 0.05) is 10.0 Å². The fourth-order valence-electron chi connectivity index (χ4n) is 1.52. The molecule has 0 aliphatic rings. The Kier molecular flexibility index (Phi) is 4.53. The lowest BCUT2D eigenvalue weighted by Gasteiger charge is -2.08. The first kappa shape index (κ1) is 14.7. The number of nitrogens with one attached hydrogen (secondary N) is 1. The molecular formula is C14H7Br2FN2O. The van der Waals surface area contributed by atoms with Crippen molar-refractivity contribution >= 4 is 43.5 Å². The highest BCUT2D eigenvalue weighted by atomic mass is 79.9. The molecule has 1 amide bonds. The number of rotatable bonds is 2. The van der Waals surface area contributed by atoms with Crippen molar-refractivity contribution in [2.24, 2.45) is 0 Å². The first-order valence-electron chi connectivity index (χ1n) is 5.47. The number of amides is 1. The molecule has 2 aromatic carbocycles. The van der Waals surface area contributed by atoms with Crippen LogP contribution in [-0.4, -0.2) is 5.91 Å². The minimum absolute atomic E-state index is 0.210. The van der Waals surface area contributed by atoms with Gasteiger partial charge >= 0.3 is 0 Å². The second kappa shape index (κ2) is 6.16. The highest BCUT2D eigenvalue weighted by Gasteiger charge is 2.11. The average Bonchev–Trinajstić information content (AvgIpc) is 2.43. The number of nitriles is 1. The normalized spacial score (nSPS) is 9.90. The number of hydrogen-bond acceptors (Lipinski definition) is 2. The van der Waals surface area contributed by atoms with Crippen LogP contribution in [0.15, 0.2) is 45.3 Å². The highest BCUT2D eigenvalue weighted by Crippen LogP contribution is 2.24. The molecule has 0 radical (unpaired) electrons. The Morgan fingerprint density at radius 2 is 1.90 bits per heavy atom. The Labute approximate surface area is 131 Å². The van der Waals surface area contributed by atoms with E-state index in [1.807, 2.05) is 6.07 Å². The molecule has 20 heavy (non-hydrogen) atoms. The monoisotopic (exact) mass is 396 g/mol. The summed E-state index contributed by atoms with van der Waals surface area (Å²) in [6.07, 6.45) is 0. The number of carbonyl (C=O) groups excluding carboxylic acids is 1. The summed E-state index contributed by atoms with van der Waals surface area (Å²) >= 11 is 6.30. The van der Waals surface area contributed by atoms with Crippen LogP contribution in [-0.2, 0) is 0 Å². The molecule has 3 nitrogen and oxygen atoms in total. The first-order valence-corrected chi connectivity index (χ1v) is 7.06. The van der Waals surface area contributed by atoms with Gasteiger partial charge in [-0.3, -0.25) is 4.79 Å². The van der Waals surface area contributed by atoms with E-state index in [9.17, 15) is 9.18 Å². The van der Waals surface area contributed by atoms with Crippen LogP contribution in [0.2, 0.25) is 0 Å². The van der Waals surface area contributed by atoms with Crippen LogP contribution in [0.5, 0.6) is 0 Å². The van der Waals surface area contributed by atoms with E-state index in [1.165, 1.54) is 12.1 Å². The summed E-state index contributed by atoms with van der Waals surface area (Å²) < 4.78 is 14.3. The van der Waals surface area contributed by atoms with Crippen molar-refractivity contribution < 1.29 is 9.18 Å². The quantitative estimate of drug-likeness (QED) is 0.812. The largest absolute Gasteiger partial charge is 0.321 e. The zero-order chi connectivity index (χ0) is 14.7. The Morgan fingerprint density at radius 3 is 2.50 bits per heavy atom. The predicted molar refractivity (Wildman–Crippen MR) is 80.9 cm³/mol. The van der Waals surface area contributed by atoms with Gasteiger partial charge in [0.05, 0.1) is 21.8 Å². The van der Waals surface area contributed by atoms with E-state index >= 15 is 0 Å². The van der Waals surface area contributed by atoms with Crippen molar-refractivity contribution in [3.05, 3.63) is 62.3 Å². The molecule has 2 aromatic rings. The summed E-state index contributed by atoms with van der Waals surface area (Å²) in [5.74, 6) is -0.932. The van der Waals surface area contributed by atoms with Gasteiger partial charge in [-0.25, -0.2) is 4.39 Å². The third-order valence-electron chi connectivity index (χ3n) is 2.53. The topological polar surface area (TPSA) is 52.9 Å². The highest BCUT2D eigenvalue weighted by molar-refractivity contribution is 9.10. The second-order valence-electron chi connectivity index (χ2n) is 3.89. The molecule has 0 saturated carbocycles. The molecule has 100 valence electrons. The van der Waals surface area contributed by atoms with Crippen molar-refractivity contribution in [3.8, 4) is 6.07 Å². The van der Waals surface area contributed by atoms with Crippen molar-refractivity contribution in [2.45, 2.75) is 0 Å². The molecule has 0 bridgehead atoms. The molecule has 0 heterocycles. The van der Waals surface area contributed by atoms with Gasteiger partial charge < -0.3 is 5.32 Å². The van der Waals surface area contributed by atoms with E-state index in [0.29, 0.717) is 20.2 Å². The van der Waals surface area contributed by atoms with Gasteiger partial charge in [-0.15, -0.1) is 0 Å². The third-order valence-corrected chi connectivity index (χ3v) is 3.83. The van der Waals surface area contributed by atoms with E-state index in [-0.39, 0.29) is 5.56 Å². The van der Waals surface area contributed by atoms with Gasteiger partial charge in [-0.1, -0.05) is 0 Å². The van der Waals surface area contributed by atoms with Crippen LogP contribution in [0.3, 0.4) is 0 Å². The molecule has 0 saturated heterocycles. The lowest BCUT2D eigenvalue weighted by molar-refractivity contribution is 0.102. The van der Waals surface area contributed by atoms with E-state index in [0.717, 1.165) is 6.07 Å². The molecule has 6 heteroatoms. The lowest BCUT2D eigenvalue weighted by atomic mass is 10.2. The van der Waals surface area contributed by atoms with Crippen LogP contribution in [0, 0.1) is 17.1 Å². The summed E-state index contributed by atoms with van der Waals surface area (Å²) in [5, 5.41) is 11.4. The molecule has 2 rings (SSSR count). The van der Waals surface area contributed by atoms with Crippen molar-refractivity contribution in [1.82, 2.24) is 0 Å². The predicted octanol–water partition coefficient (Wildman–Crippen LogP) is 4.47. The van der Waals surface area contributed by atoms with Crippen LogP contribution < -0.4 is 5.32 Å². The Hall–Kier alpha value is -1.71. The summed E-state index contributed by atoms with van der Waals surface area (Å²) in [5.41, 5.74) is 1.20. The molecular weight excluding hydrogens is 391 g/mol. The SMILES string of the molecule is N#Cc1ccc(NC(=O)c2ccc(Br)c(F)c2)c(Br)c1. The maximum Gasteiger partial charge on any atom is 0.255 e. The number of benzene rings is 2. The zero-order valence-corrected chi connectivity index (χ0v) is 13.1. The van der Waals surface area contributed by atoms with Crippen molar-refractivity contribution in [3.63, 3.8) is 0 Å². The molecule has 0 aliphatic carbocycles. The molecule has 0 atom stereocenters. The van der Waals surface area contributed by atoms with Gasteiger partial charge in [0.25, 0.3) is 5.91 Å². The Bertz CT molecular complexity index is 726. The molecule has 1 N–H and O–H groups in total. The van der Waals surface area contributed by atoms with Crippen LogP contribution >= 0.6 is 31.9 Å². The fourth-order valence-corrected chi connectivity index (χ4v) is 2.24. The average molecular weight is 398 g/mol. The first-order chi connectivity index (χ1) is 9.51. The molecule has 0 aliphatic heterocycles. The van der Waals surface area contributed by atoms with Gasteiger partial charge in [-0.2, -0.15) is 5.26 Å². The van der Waals surface area contributed by atoms with Crippen LogP contribution in [0.4, 0.5) is 10.1 Å². The number of nitrogens with zero attached hydrogens (tertiary/aromatic N) is 1. The van der Waals surface area contributed by atoms with Crippen molar-refractivity contribution in [2.75, 3.05) is 5.32 Å². The number of anilines is 1. The van der Waals surface area contributed by atoms with Crippen LogP contribution in [0.1, 0.15) is 15.9 Å². The van der Waals surface area contributed by atoms with E-state index in [1.54, 1.807) is 18.2 Å². The van der Waals surface area contributed by atoms with Gasteiger partial charge in [0.2, 0.25) is 0 Å². The number of halogens is 3. The fraction of sp³-hybridized carbons (Fsp3) is 0. The molecule has 0 unspecified atom stereocenters. The molecule has 0 aromatic heterocycles. The van der Waals surface area contributed by atoms with E-state index in [4.69, 9.17) is 5.26 Å². The van der Waals surface area contributed by atoms with Crippen molar-refractivity contribution in [1.29, 1.82) is 5.26 Å². The maximum absolute atomic E-state index is 13.4. The lowest BCUT2D eigenvalue weighted by Crippen LogP contribution is -2.12. The van der Waals surface area contributed by atoms with Crippen LogP contribution in [0.25, 0.3) is 0 Å². The second-order valence-corrected chi connectivity index (χ2v) is 5.60. The van der Waals surface area contributed by atoms with Gasteiger partial charge in [-0.05, 0) is 68.3 Å². The Morgan fingerprint density at radius 1 is 1.15 bits per heavy atom. The summed E-state index contributed by atoms with van der Waals surface area (Å²) in [6.45, 7) is 0. The van der Waals surface area contributed by atoms with E-state index in [2.05, 4.69) is 37.2 Å².